The van der Waals surface area contributed by atoms with Gasteiger partial charge in [-0.05, 0) is 40.1 Å². The maximum atomic E-state index is 13.8. The molecule has 0 aliphatic rings. The van der Waals surface area contributed by atoms with E-state index in [2.05, 4.69) is 15.4 Å². The van der Waals surface area contributed by atoms with Crippen LogP contribution in [0.1, 0.15) is 28.3 Å². The predicted octanol–water partition coefficient (Wildman–Crippen LogP) is 2.37. The number of halogens is 5. The zero-order valence-electron chi connectivity index (χ0n) is 14.4. The normalized spacial score (nSPS) is 12.8. The molecule has 1 N–H and O–H groups in total. The number of rotatable bonds is 6. The summed E-state index contributed by atoms with van der Waals surface area (Å²) >= 11 is 0. The quantitative estimate of drug-likeness (QED) is 0.618. The molecule has 2 heterocycles. The first kappa shape index (κ1) is 20.0. The number of hydrogen-bond donors (Lipinski definition) is 1. The molecule has 144 valence electrons. The molecule has 2 rings (SSSR count). The van der Waals surface area contributed by atoms with Crippen LogP contribution in [0.2, 0.25) is 0 Å². The van der Waals surface area contributed by atoms with Gasteiger partial charge >= 0.3 is 12.1 Å². The van der Waals surface area contributed by atoms with Crippen molar-refractivity contribution in [3.8, 4) is 0 Å². The molecule has 0 unspecified atom stereocenters. The zero-order chi connectivity index (χ0) is 19.7. The first-order valence-electron chi connectivity index (χ1n) is 7.69. The van der Waals surface area contributed by atoms with Crippen LogP contribution < -0.4 is 5.32 Å². The fraction of sp³-hybridized carbons (Fsp3) is 0.533. The lowest BCUT2D eigenvalue weighted by atomic mass is 10.2. The summed E-state index contributed by atoms with van der Waals surface area (Å²) in [5.41, 5.74) is -1.98. The van der Waals surface area contributed by atoms with Gasteiger partial charge in [0.25, 0.3) is 5.91 Å². The van der Waals surface area contributed by atoms with Crippen LogP contribution in [0.25, 0.3) is 5.65 Å². The molecule has 1 amide bonds. The van der Waals surface area contributed by atoms with Gasteiger partial charge in [0.1, 0.15) is 5.69 Å². The molecule has 6 nitrogen and oxygen atoms in total. The van der Waals surface area contributed by atoms with Crippen molar-refractivity contribution in [2.75, 3.05) is 27.2 Å². The van der Waals surface area contributed by atoms with Crippen LogP contribution >= 0.6 is 0 Å². The van der Waals surface area contributed by atoms with Gasteiger partial charge in [-0.25, -0.2) is 9.50 Å². The number of aromatic nitrogens is 3. The number of aryl methyl sites for hydroxylation is 1. The maximum absolute atomic E-state index is 13.8. The molecular formula is C15H18F5N5O. The molecule has 0 bridgehead atoms. The van der Waals surface area contributed by atoms with Crippen molar-refractivity contribution in [1.29, 1.82) is 0 Å². The van der Waals surface area contributed by atoms with E-state index in [1.807, 2.05) is 19.0 Å². The average molecular weight is 379 g/mol. The summed E-state index contributed by atoms with van der Waals surface area (Å²) in [5.74, 6) is -5.81. The van der Waals surface area contributed by atoms with Crippen molar-refractivity contribution in [2.45, 2.75) is 25.4 Å². The summed E-state index contributed by atoms with van der Waals surface area (Å²) in [5, 5.41) is 6.14. The summed E-state index contributed by atoms with van der Waals surface area (Å²) in [6.45, 7) is 2.31. The largest absolute Gasteiger partial charge is 0.459 e. The second kappa shape index (κ2) is 7.14. The van der Waals surface area contributed by atoms with Gasteiger partial charge in [-0.15, -0.1) is 0 Å². The Labute approximate surface area is 146 Å². The molecule has 26 heavy (non-hydrogen) atoms. The Morgan fingerprint density at radius 3 is 2.46 bits per heavy atom. The summed E-state index contributed by atoms with van der Waals surface area (Å²) < 4.78 is 66.1. The number of nitrogens with zero attached hydrogens (tertiary/aromatic N) is 4. The highest BCUT2D eigenvalue weighted by Crippen LogP contribution is 2.43. The number of fused-ring (bicyclic) bond motifs is 1. The minimum absolute atomic E-state index is 0.0470. The molecule has 0 saturated carbocycles. The topological polar surface area (TPSA) is 62.5 Å². The van der Waals surface area contributed by atoms with Gasteiger partial charge in [-0.2, -0.15) is 27.1 Å². The Morgan fingerprint density at radius 2 is 1.88 bits per heavy atom. The highest BCUT2D eigenvalue weighted by Gasteiger charge is 2.60. The number of hydrogen-bond acceptors (Lipinski definition) is 4. The van der Waals surface area contributed by atoms with E-state index in [0.29, 0.717) is 30.1 Å². The first-order chi connectivity index (χ1) is 11.9. The molecule has 0 saturated heterocycles. The maximum Gasteiger partial charge on any atom is 0.459 e. The number of carbonyl (C=O) groups is 1. The molecule has 0 radical (unpaired) electrons. The molecule has 0 aliphatic heterocycles. The van der Waals surface area contributed by atoms with Crippen LogP contribution in [-0.2, 0) is 5.92 Å². The van der Waals surface area contributed by atoms with Crippen molar-refractivity contribution in [1.82, 2.24) is 24.8 Å². The van der Waals surface area contributed by atoms with Crippen molar-refractivity contribution in [3.63, 3.8) is 0 Å². The lowest BCUT2D eigenvalue weighted by molar-refractivity contribution is -0.291. The van der Waals surface area contributed by atoms with E-state index >= 15 is 0 Å². The van der Waals surface area contributed by atoms with Crippen LogP contribution in [0.4, 0.5) is 22.0 Å². The highest BCUT2D eigenvalue weighted by atomic mass is 19.4. The Bertz CT molecular complexity index is 800. The SMILES string of the molecule is Cc1cc(C(F)(F)C(F)(F)F)n2nc(C(=O)NCCCN(C)C)cc2n1. The molecule has 0 spiro atoms. The summed E-state index contributed by atoms with van der Waals surface area (Å²) in [7, 11) is 3.72. The summed E-state index contributed by atoms with van der Waals surface area (Å²) in [6.07, 6.45) is -5.16. The number of amides is 1. The van der Waals surface area contributed by atoms with Gasteiger partial charge in [0, 0.05) is 18.3 Å². The fourth-order valence-electron chi connectivity index (χ4n) is 2.27. The van der Waals surface area contributed by atoms with E-state index in [0.717, 1.165) is 6.07 Å². The van der Waals surface area contributed by atoms with E-state index < -0.39 is 23.7 Å². The molecule has 0 aromatic carbocycles. The highest BCUT2D eigenvalue weighted by molar-refractivity contribution is 5.93. The number of nitrogens with one attached hydrogen (secondary N) is 1. The Kier molecular flexibility index (Phi) is 5.49. The lowest BCUT2D eigenvalue weighted by Gasteiger charge is -2.20. The van der Waals surface area contributed by atoms with Crippen LogP contribution in [0.5, 0.6) is 0 Å². The molecule has 0 aliphatic carbocycles. The average Bonchev–Trinajstić information content (AvgIpc) is 2.92. The third-order valence-corrected chi connectivity index (χ3v) is 3.53. The first-order valence-corrected chi connectivity index (χ1v) is 7.69. The Balaban J connectivity index is 2.33. The third kappa shape index (κ3) is 4.09. The van der Waals surface area contributed by atoms with Crippen molar-refractivity contribution < 1.29 is 26.7 Å². The Hall–Kier alpha value is -2.30. The van der Waals surface area contributed by atoms with Crippen molar-refractivity contribution >= 4 is 11.6 Å². The van der Waals surface area contributed by atoms with E-state index in [-0.39, 0.29) is 17.0 Å². The second-order valence-corrected chi connectivity index (χ2v) is 6.07. The van der Waals surface area contributed by atoms with Gasteiger partial charge in [0.15, 0.2) is 11.3 Å². The minimum Gasteiger partial charge on any atom is -0.351 e. The molecule has 2 aromatic heterocycles. The molecule has 2 aromatic rings. The lowest BCUT2D eigenvalue weighted by Crippen LogP contribution is -2.36. The summed E-state index contributed by atoms with van der Waals surface area (Å²) in [6, 6.07) is 1.68. The van der Waals surface area contributed by atoms with Gasteiger partial charge in [-0.3, -0.25) is 4.79 Å². The summed E-state index contributed by atoms with van der Waals surface area (Å²) in [4.78, 5) is 17.8. The van der Waals surface area contributed by atoms with Gasteiger partial charge in [-0.1, -0.05) is 0 Å². The molecule has 11 heteroatoms. The smallest absolute Gasteiger partial charge is 0.351 e. The number of carbonyl (C=O) groups excluding carboxylic acids is 1. The fourth-order valence-corrected chi connectivity index (χ4v) is 2.27. The molecular weight excluding hydrogens is 361 g/mol. The van der Waals surface area contributed by atoms with Crippen LogP contribution in [0, 0.1) is 6.92 Å². The van der Waals surface area contributed by atoms with E-state index in [1.54, 1.807) is 0 Å². The molecule has 0 fully saturated rings. The van der Waals surface area contributed by atoms with Gasteiger partial charge in [0.2, 0.25) is 0 Å². The zero-order valence-corrected chi connectivity index (χ0v) is 14.4. The predicted molar refractivity (Wildman–Crippen MR) is 83.2 cm³/mol. The van der Waals surface area contributed by atoms with Gasteiger partial charge in [0.05, 0.1) is 0 Å². The van der Waals surface area contributed by atoms with Gasteiger partial charge < -0.3 is 10.2 Å². The Morgan fingerprint density at radius 1 is 1.23 bits per heavy atom. The van der Waals surface area contributed by atoms with E-state index in [4.69, 9.17) is 0 Å². The van der Waals surface area contributed by atoms with Crippen molar-refractivity contribution in [2.24, 2.45) is 0 Å². The standard InChI is InChI=1S/C15H18F5N5O/c1-9-7-11(14(16,17)15(18,19)20)25-12(22-9)8-10(23-25)13(26)21-5-4-6-24(2)3/h7-8H,4-6H2,1-3H3,(H,21,26). The molecule has 0 atom stereocenters. The second-order valence-electron chi connectivity index (χ2n) is 6.07. The van der Waals surface area contributed by atoms with Crippen LogP contribution in [0.15, 0.2) is 12.1 Å². The van der Waals surface area contributed by atoms with Crippen LogP contribution in [-0.4, -0.2) is 58.8 Å². The monoisotopic (exact) mass is 379 g/mol. The van der Waals surface area contributed by atoms with E-state index in [1.165, 1.54) is 6.92 Å². The third-order valence-electron chi connectivity index (χ3n) is 3.53. The van der Waals surface area contributed by atoms with Crippen LogP contribution in [0.3, 0.4) is 0 Å². The van der Waals surface area contributed by atoms with Crippen molar-refractivity contribution in [3.05, 3.63) is 29.2 Å². The van der Waals surface area contributed by atoms with E-state index in [9.17, 15) is 26.7 Å². The number of alkyl halides is 5. The minimum atomic E-state index is -5.80.